The number of aromatic nitrogens is 4. The van der Waals surface area contributed by atoms with Crippen molar-refractivity contribution in [2.75, 3.05) is 11.1 Å². The predicted molar refractivity (Wildman–Crippen MR) is 87.1 cm³/mol. The first-order chi connectivity index (χ1) is 10.6. The van der Waals surface area contributed by atoms with E-state index >= 15 is 0 Å². The fourth-order valence-corrected chi connectivity index (χ4v) is 2.37. The maximum atomic E-state index is 5.89. The number of nitrogens with one attached hydrogen (secondary N) is 1. The number of nitrogens with two attached hydrogens (primary N) is 1. The van der Waals surface area contributed by atoms with Gasteiger partial charge in [0.05, 0.1) is 12.4 Å². The summed E-state index contributed by atoms with van der Waals surface area (Å²) in [5.74, 6) is 0.743. The van der Waals surface area contributed by atoms with Crippen LogP contribution in [0.1, 0.15) is 18.5 Å². The van der Waals surface area contributed by atoms with E-state index in [4.69, 9.17) is 17.3 Å². The molecule has 0 fully saturated rings. The number of anilines is 2. The Balaban J connectivity index is 1.83. The van der Waals surface area contributed by atoms with Gasteiger partial charge in [0.15, 0.2) is 0 Å². The Bertz CT molecular complexity index is 751. The van der Waals surface area contributed by atoms with Crippen LogP contribution in [-0.4, -0.2) is 19.5 Å². The molecule has 22 heavy (non-hydrogen) atoms. The summed E-state index contributed by atoms with van der Waals surface area (Å²) in [7, 11) is 0. The number of hydrogen-bond acceptors (Lipinski definition) is 5. The van der Waals surface area contributed by atoms with Gasteiger partial charge >= 0.3 is 0 Å². The Hall–Kier alpha value is -2.60. The van der Waals surface area contributed by atoms with Gasteiger partial charge in [-0.3, -0.25) is 0 Å². The minimum atomic E-state index is 0.0360. The number of nitrogens with zero attached hydrogens (tertiary/aromatic N) is 4. The highest BCUT2D eigenvalue weighted by Gasteiger charge is 2.09. The number of rotatable bonds is 4. The Labute approximate surface area is 133 Å². The van der Waals surface area contributed by atoms with Crippen molar-refractivity contribution >= 4 is 23.4 Å². The number of halogens is 1. The lowest BCUT2D eigenvalue weighted by Crippen LogP contribution is -2.10. The van der Waals surface area contributed by atoms with Gasteiger partial charge in [-0.15, -0.1) is 0 Å². The third kappa shape index (κ3) is 3.17. The van der Waals surface area contributed by atoms with Gasteiger partial charge in [-0.1, -0.05) is 23.7 Å². The second-order valence-electron chi connectivity index (χ2n) is 4.87. The molecular weight excluding hydrogens is 300 g/mol. The second kappa shape index (κ2) is 6.03. The maximum Gasteiger partial charge on any atom is 0.223 e. The lowest BCUT2D eigenvalue weighted by Gasteiger charge is -2.16. The van der Waals surface area contributed by atoms with Crippen molar-refractivity contribution in [3.8, 4) is 5.69 Å². The van der Waals surface area contributed by atoms with Crippen LogP contribution in [0.15, 0.2) is 49.1 Å². The fourth-order valence-electron chi connectivity index (χ4n) is 2.18. The van der Waals surface area contributed by atoms with Crippen LogP contribution in [0.2, 0.25) is 5.15 Å². The Morgan fingerprint density at radius 2 is 2.14 bits per heavy atom. The van der Waals surface area contributed by atoms with E-state index in [1.54, 1.807) is 18.6 Å². The predicted octanol–water partition coefficient (Wildman–Crippen LogP) is 3.07. The summed E-state index contributed by atoms with van der Waals surface area (Å²) in [6.45, 7) is 2.04. The first kappa shape index (κ1) is 14.3. The molecule has 0 bridgehead atoms. The zero-order valence-corrected chi connectivity index (χ0v) is 12.7. The molecule has 0 radical (unpaired) electrons. The van der Waals surface area contributed by atoms with Crippen molar-refractivity contribution < 1.29 is 0 Å². The summed E-state index contributed by atoms with van der Waals surface area (Å²) in [6, 6.07) is 9.85. The van der Waals surface area contributed by atoms with E-state index in [2.05, 4.69) is 26.3 Å². The van der Waals surface area contributed by atoms with Crippen LogP contribution in [0.3, 0.4) is 0 Å². The van der Waals surface area contributed by atoms with Crippen molar-refractivity contribution in [2.24, 2.45) is 0 Å². The fraction of sp³-hybridized carbons (Fsp3) is 0.133. The van der Waals surface area contributed by atoms with Crippen molar-refractivity contribution in [1.29, 1.82) is 0 Å². The third-order valence-corrected chi connectivity index (χ3v) is 3.44. The minimum Gasteiger partial charge on any atom is -0.368 e. The molecule has 0 unspecified atom stereocenters. The quantitative estimate of drug-likeness (QED) is 0.723. The van der Waals surface area contributed by atoms with Crippen LogP contribution in [0.25, 0.3) is 5.69 Å². The lowest BCUT2D eigenvalue weighted by atomic mass is 10.1. The van der Waals surface area contributed by atoms with Crippen LogP contribution >= 0.6 is 11.6 Å². The molecule has 0 aliphatic carbocycles. The molecule has 6 nitrogen and oxygen atoms in total. The number of nitrogen functional groups attached to an aromatic ring is 1. The van der Waals surface area contributed by atoms with Crippen molar-refractivity contribution in [3.63, 3.8) is 0 Å². The monoisotopic (exact) mass is 314 g/mol. The summed E-state index contributed by atoms with van der Waals surface area (Å²) >= 11 is 5.89. The van der Waals surface area contributed by atoms with Crippen molar-refractivity contribution in [3.05, 3.63) is 59.8 Å². The zero-order valence-electron chi connectivity index (χ0n) is 11.9. The van der Waals surface area contributed by atoms with Crippen molar-refractivity contribution in [1.82, 2.24) is 19.5 Å². The molecular formula is C15H15ClN6. The molecule has 3 rings (SSSR count). The summed E-state index contributed by atoms with van der Waals surface area (Å²) in [5.41, 5.74) is 7.76. The Morgan fingerprint density at radius 3 is 2.86 bits per heavy atom. The van der Waals surface area contributed by atoms with Crippen LogP contribution in [0, 0.1) is 0 Å². The first-order valence-corrected chi connectivity index (χ1v) is 7.14. The van der Waals surface area contributed by atoms with Gasteiger partial charge in [0.2, 0.25) is 5.95 Å². The molecule has 2 aromatic heterocycles. The van der Waals surface area contributed by atoms with E-state index < -0.39 is 0 Å². The molecule has 3 aromatic rings. The largest absolute Gasteiger partial charge is 0.368 e. The average Bonchev–Trinajstić information content (AvgIpc) is 3.00. The molecule has 2 heterocycles. The van der Waals surface area contributed by atoms with E-state index in [0.717, 1.165) is 11.3 Å². The van der Waals surface area contributed by atoms with Gasteiger partial charge in [0.1, 0.15) is 11.0 Å². The summed E-state index contributed by atoms with van der Waals surface area (Å²) in [4.78, 5) is 12.0. The lowest BCUT2D eigenvalue weighted by molar-refractivity contribution is 0.869. The summed E-state index contributed by atoms with van der Waals surface area (Å²) < 4.78 is 1.95. The summed E-state index contributed by atoms with van der Waals surface area (Å²) in [5, 5.41) is 3.59. The number of benzene rings is 1. The molecule has 0 aliphatic rings. The highest BCUT2D eigenvalue weighted by atomic mass is 35.5. The SMILES string of the molecule is C[C@H](Nc1cc(Cl)nc(N)n1)c1cccc(-n2ccnc2)c1. The van der Waals surface area contributed by atoms with Gasteiger partial charge in [0, 0.05) is 24.1 Å². The van der Waals surface area contributed by atoms with Gasteiger partial charge < -0.3 is 15.6 Å². The van der Waals surface area contributed by atoms with E-state index in [9.17, 15) is 0 Å². The topological polar surface area (TPSA) is 81.6 Å². The average molecular weight is 315 g/mol. The Kier molecular flexibility index (Phi) is 3.93. The number of imidazole rings is 1. The molecule has 0 amide bonds. The van der Waals surface area contributed by atoms with Gasteiger partial charge in [-0.05, 0) is 24.6 Å². The molecule has 0 aliphatic heterocycles. The molecule has 1 atom stereocenters. The first-order valence-electron chi connectivity index (χ1n) is 6.77. The molecule has 7 heteroatoms. The standard InChI is InChI=1S/C15H15ClN6/c1-10(19-14-8-13(16)20-15(17)21-14)11-3-2-4-12(7-11)22-6-5-18-9-22/h2-10H,1H3,(H3,17,19,20,21)/t10-/m0/s1. The van der Waals surface area contributed by atoms with Crippen LogP contribution in [0.4, 0.5) is 11.8 Å². The van der Waals surface area contributed by atoms with E-state index in [1.165, 1.54) is 0 Å². The molecule has 112 valence electrons. The second-order valence-corrected chi connectivity index (χ2v) is 5.25. The van der Waals surface area contributed by atoms with Crippen LogP contribution in [0.5, 0.6) is 0 Å². The molecule has 0 spiro atoms. The molecule has 1 aromatic carbocycles. The third-order valence-electron chi connectivity index (χ3n) is 3.25. The Morgan fingerprint density at radius 1 is 1.27 bits per heavy atom. The summed E-state index contributed by atoms with van der Waals surface area (Å²) in [6.07, 6.45) is 5.42. The maximum absolute atomic E-state index is 5.89. The van der Waals surface area contributed by atoms with Gasteiger partial charge in [0.25, 0.3) is 0 Å². The molecule has 0 saturated carbocycles. The van der Waals surface area contributed by atoms with E-state index in [0.29, 0.717) is 11.0 Å². The zero-order chi connectivity index (χ0) is 15.5. The van der Waals surface area contributed by atoms with Gasteiger partial charge in [-0.25, -0.2) is 9.97 Å². The van der Waals surface area contributed by atoms with Crippen molar-refractivity contribution in [2.45, 2.75) is 13.0 Å². The van der Waals surface area contributed by atoms with E-state index in [-0.39, 0.29) is 12.0 Å². The highest BCUT2D eigenvalue weighted by Crippen LogP contribution is 2.22. The molecule has 3 N–H and O–H groups in total. The molecule has 0 saturated heterocycles. The number of hydrogen-bond donors (Lipinski definition) is 2. The van der Waals surface area contributed by atoms with Crippen LogP contribution < -0.4 is 11.1 Å². The van der Waals surface area contributed by atoms with Crippen LogP contribution in [-0.2, 0) is 0 Å². The smallest absolute Gasteiger partial charge is 0.223 e. The minimum absolute atomic E-state index is 0.0360. The van der Waals surface area contributed by atoms with E-state index in [1.807, 2.05) is 35.9 Å². The normalized spacial score (nSPS) is 12.1. The highest BCUT2D eigenvalue weighted by molar-refractivity contribution is 6.29. The van der Waals surface area contributed by atoms with Gasteiger partial charge in [-0.2, -0.15) is 4.98 Å².